The summed E-state index contributed by atoms with van der Waals surface area (Å²) in [7, 11) is 0. The Morgan fingerprint density at radius 2 is 0.960 bits per heavy atom. The summed E-state index contributed by atoms with van der Waals surface area (Å²) in [6, 6.07) is 20.8. The minimum absolute atomic E-state index is 0.627. The molecule has 2 aromatic rings. The minimum Gasteiger partial charge on any atom is -0.206 e. The van der Waals surface area contributed by atoms with Gasteiger partial charge in [0.25, 0.3) is 0 Å². The van der Waals surface area contributed by atoms with E-state index in [1.165, 1.54) is 36.8 Å². The molecule has 25 heavy (non-hydrogen) atoms. The van der Waals surface area contributed by atoms with Gasteiger partial charge in [0.15, 0.2) is 0 Å². The Balaban J connectivity index is 0.000000250. The summed E-state index contributed by atoms with van der Waals surface area (Å²) in [6.45, 7) is 5.56. The van der Waals surface area contributed by atoms with Crippen LogP contribution in [0.3, 0.4) is 0 Å². The molecule has 0 radical (unpaired) electrons. The maximum Gasteiger partial charge on any atom is 0.0853 e. The second-order valence-corrected chi connectivity index (χ2v) is 5.86. The van der Waals surface area contributed by atoms with E-state index in [0.29, 0.717) is 13.2 Å². The largest absolute Gasteiger partial charge is 0.206 e. The molecule has 0 N–H and O–H groups in total. The van der Waals surface area contributed by atoms with Crippen molar-refractivity contribution in [3.05, 3.63) is 60.7 Å². The smallest absolute Gasteiger partial charge is 0.0853 e. The molecule has 0 aliphatic rings. The number of hydrogen-bond acceptors (Lipinski definition) is 3. The van der Waals surface area contributed by atoms with Gasteiger partial charge >= 0.3 is 0 Å². The van der Waals surface area contributed by atoms with E-state index < -0.39 is 0 Å². The van der Waals surface area contributed by atoms with E-state index in [1.807, 2.05) is 12.1 Å². The zero-order chi connectivity index (χ0) is 18.0. The predicted octanol–water partition coefficient (Wildman–Crippen LogP) is 6.60. The molecule has 2 aromatic carbocycles. The monoisotopic (exact) mass is 344 g/mol. The molecule has 0 saturated carbocycles. The summed E-state index contributed by atoms with van der Waals surface area (Å²) >= 11 is 0. The van der Waals surface area contributed by atoms with Crippen LogP contribution in [-0.2, 0) is 14.8 Å². The summed E-state index contributed by atoms with van der Waals surface area (Å²) in [4.78, 5) is 9.59. The lowest BCUT2D eigenvalue weighted by molar-refractivity contribution is -0.512. The first-order chi connectivity index (χ1) is 12.4. The van der Waals surface area contributed by atoms with Crippen LogP contribution in [0, 0.1) is 0 Å². The van der Waals surface area contributed by atoms with Crippen molar-refractivity contribution in [2.75, 3.05) is 13.2 Å². The molecule has 3 heteroatoms. The fourth-order valence-corrected chi connectivity index (χ4v) is 2.19. The van der Waals surface area contributed by atoms with Crippen molar-refractivity contribution in [2.45, 2.75) is 52.4 Å². The van der Waals surface area contributed by atoms with E-state index in [4.69, 9.17) is 9.78 Å². The fourth-order valence-electron chi connectivity index (χ4n) is 2.19. The number of benzene rings is 2. The molecule has 0 bridgehead atoms. The Kier molecular flexibility index (Phi) is 13.5. The average Bonchev–Trinajstić information content (AvgIpc) is 2.69. The van der Waals surface area contributed by atoms with Crippen molar-refractivity contribution in [3.63, 3.8) is 0 Å². The molecule has 138 valence electrons. The van der Waals surface area contributed by atoms with Gasteiger partial charge in [0, 0.05) is 0 Å². The SMILES string of the molecule is CCCCCOOOCCCCC.c1ccc(-c2ccccc2)cc1. The summed E-state index contributed by atoms with van der Waals surface area (Å²) in [5, 5.41) is 4.53. The minimum atomic E-state index is 0.627. The Morgan fingerprint density at radius 3 is 1.32 bits per heavy atom. The van der Waals surface area contributed by atoms with Gasteiger partial charge < -0.3 is 0 Å². The first-order valence-electron chi connectivity index (χ1n) is 9.40. The molecule has 0 amide bonds. The lowest BCUT2D eigenvalue weighted by atomic mass is 10.1. The van der Waals surface area contributed by atoms with Gasteiger partial charge in [0.05, 0.1) is 13.2 Å². The predicted molar refractivity (Wildman–Crippen MR) is 104 cm³/mol. The molecular weight excluding hydrogens is 312 g/mol. The fraction of sp³-hybridized carbons (Fsp3) is 0.455. The maximum absolute atomic E-state index is 4.79. The van der Waals surface area contributed by atoms with Crippen LogP contribution in [0.2, 0.25) is 0 Å². The highest BCUT2D eigenvalue weighted by Gasteiger charge is 1.92. The van der Waals surface area contributed by atoms with Gasteiger partial charge in [0.2, 0.25) is 0 Å². The summed E-state index contributed by atoms with van der Waals surface area (Å²) in [5.74, 6) is 0. The maximum atomic E-state index is 4.79. The highest BCUT2D eigenvalue weighted by molar-refractivity contribution is 5.62. The summed E-state index contributed by atoms with van der Waals surface area (Å²) < 4.78 is 0. The summed E-state index contributed by atoms with van der Waals surface area (Å²) in [5.41, 5.74) is 2.55. The van der Waals surface area contributed by atoms with Crippen LogP contribution in [-0.4, -0.2) is 13.2 Å². The van der Waals surface area contributed by atoms with E-state index in [0.717, 1.165) is 12.8 Å². The van der Waals surface area contributed by atoms with E-state index in [-0.39, 0.29) is 0 Å². The molecule has 0 unspecified atom stereocenters. The first-order valence-corrected chi connectivity index (χ1v) is 9.40. The summed E-state index contributed by atoms with van der Waals surface area (Å²) in [6.07, 6.45) is 6.82. The number of hydrogen-bond donors (Lipinski definition) is 0. The van der Waals surface area contributed by atoms with E-state index in [2.05, 4.69) is 67.4 Å². The topological polar surface area (TPSA) is 27.7 Å². The first kappa shape index (κ1) is 21.4. The molecule has 0 atom stereocenters. The molecule has 0 saturated heterocycles. The van der Waals surface area contributed by atoms with Crippen molar-refractivity contribution in [2.24, 2.45) is 0 Å². The highest BCUT2D eigenvalue weighted by Crippen LogP contribution is 2.17. The van der Waals surface area contributed by atoms with Crippen LogP contribution in [0.1, 0.15) is 52.4 Å². The third-order valence-electron chi connectivity index (χ3n) is 3.64. The molecule has 0 aliphatic heterocycles. The van der Waals surface area contributed by atoms with Crippen molar-refractivity contribution in [1.82, 2.24) is 0 Å². The molecule has 0 aliphatic carbocycles. The second-order valence-electron chi connectivity index (χ2n) is 5.86. The van der Waals surface area contributed by atoms with E-state index >= 15 is 0 Å². The Morgan fingerprint density at radius 1 is 0.560 bits per heavy atom. The van der Waals surface area contributed by atoms with Gasteiger partial charge in [-0.3, -0.25) is 0 Å². The highest BCUT2D eigenvalue weighted by atomic mass is 17.5. The van der Waals surface area contributed by atoms with Crippen LogP contribution in [0.15, 0.2) is 60.7 Å². The van der Waals surface area contributed by atoms with Gasteiger partial charge in [-0.25, -0.2) is 9.78 Å². The van der Waals surface area contributed by atoms with Crippen LogP contribution < -0.4 is 0 Å². The van der Waals surface area contributed by atoms with Crippen molar-refractivity contribution in [3.8, 4) is 11.1 Å². The van der Waals surface area contributed by atoms with Crippen molar-refractivity contribution >= 4 is 0 Å². The molecule has 2 rings (SSSR count). The van der Waals surface area contributed by atoms with Gasteiger partial charge in [0.1, 0.15) is 0 Å². The Labute approximate surface area is 152 Å². The average molecular weight is 344 g/mol. The lowest BCUT2D eigenvalue weighted by Gasteiger charge is -2.02. The Hall–Kier alpha value is -1.68. The third-order valence-corrected chi connectivity index (χ3v) is 3.64. The van der Waals surface area contributed by atoms with Gasteiger partial charge in [-0.15, -0.1) is 0 Å². The molecule has 3 nitrogen and oxygen atoms in total. The molecule has 0 spiro atoms. The zero-order valence-electron chi connectivity index (χ0n) is 15.7. The van der Waals surface area contributed by atoms with Gasteiger partial charge in [-0.05, 0) is 24.0 Å². The zero-order valence-corrected chi connectivity index (χ0v) is 15.7. The molecule has 0 aromatic heterocycles. The normalized spacial score (nSPS) is 10.2. The van der Waals surface area contributed by atoms with Crippen LogP contribution in [0.5, 0.6) is 0 Å². The molecule has 0 heterocycles. The van der Waals surface area contributed by atoms with Crippen molar-refractivity contribution in [1.29, 1.82) is 0 Å². The van der Waals surface area contributed by atoms with Gasteiger partial charge in [-0.1, -0.05) is 105 Å². The third kappa shape index (κ3) is 11.5. The molecular formula is C22H32O3. The van der Waals surface area contributed by atoms with E-state index in [1.54, 1.807) is 0 Å². The Bertz CT molecular complexity index is 452. The van der Waals surface area contributed by atoms with E-state index in [9.17, 15) is 0 Å². The van der Waals surface area contributed by atoms with Gasteiger partial charge in [-0.2, -0.15) is 0 Å². The van der Waals surface area contributed by atoms with Crippen molar-refractivity contribution < 1.29 is 14.8 Å². The number of rotatable bonds is 11. The number of unbranched alkanes of at least 4 members (excludes halogenated alkanes) is 4. The van der Waals surface area contributed by atoms with Crippen LogP contribution in [0.25, 0.3) is 11.1 Å². The van der Waals surface area contributed by atoms with Crippen LogP contribution in [0.4, 0.5) is 0 Å². The van der Waals surface area contributed by atoms with Crippen LogP contribution >= 0.6 is 0 Å². The quantitative estimate of drug-likeness (QED) is 0.261. The standard InChI is InChI=1S/C12H10.C10H22O3/c1-3-7-11(8-4-1)12-9-5-2-6-10-12;1-3-5-7-9-11-13-12-10-8-6-4-2/h1-10H;3-10H2,1-2H3. The second kappa shape index (κ2) is 15.8. The lowest BCUT2D eigenvalue weighted by Crippen LogP contribution is -2.00. The molecule has 0 fully saturated rings.